The van der Waals surface area contributed by atoms with E-state index in [0.717, 1.165) is 17.5 Å². The summed E-state index contributed by atoms with van der Waals surface area (Å²) in [6, 6.07) is 3.38. The van der Waals surface area contributed by atoms with Crippen LogP contribution in [0, 0.1) is 13.8 Å². The highest BCUT2D eigenvalue weighted by atomic mass is 31.3. The molecule has 1 fully saturated rings. The predicted octanol–water partition coefficient (Wildman–Crippen LogP) is -3.06. The summed E-state index contributed by atoms with van der Waals surface area (Å²) in [5.41, 5.74) is 8.29. The van der Waals surface area contributed by atoms with Crippen molar-refractivity contribution in [2.24, 2.45) is 0 Å². The van der Waals surface area contributed by atoms with E-state index < -0.39 is 90.5 Å². The zero-order chi connectivity index (χ0) is 38.6. The molecule has 0 saturated carbocycles. The molecule has 1 amide bonds. The number of fused-ring (bicyclic) bond motifs is 3. The van der Waals surface area contributed by atoms with Gasteiger partial charge >= 0.3 is 21.5 Å². The molecule has 26 heteroatoms. The highest BCUT2D eigenvalue weighted by Crippen LogP contribution is 2.60. The van der Waals surface area contributed by atoms with Crippen LogP contribution in [0.3, 0.4) is 0 Å². The van der Waals surface area contributed by atoms with Crippen molar-refractivity contribution in [3.63, 3.8) is 0 Å². The number of phosphoric acid groups is 2. The molecule has 1 saturated heterocycles. The number of imidazole rings is 1. The van der Waals surface area contributed by atoms with Crippen LogP contribution in [0.1, 0.15) is 27.8 Å². The number of nitrogens with one attached hydrogen (secondary N) is 2. The Kier molecular flexibility index (Phi) is 10.8. The average molecular weight is 789 g/mol. The second kappa shape index (κ2) is 14.8. The fourth-order valence-electron chi connectivity index (χ4n) is 5.68. The molecule has 0 radical (unpaired) electrons. The number of carbonyl (C=O) groups excluding carboxylic acids is 1. The van der Waals surface area contributed by atoms with Gasteiger partial charge in [0.1, 0.15) is 60.5 Å². The summed E-state index contributed by atoms with van der Waals surface area (Å²) in [5.74, 6) is -0.715. The molecule has 0 spiro atoms. The number of rotatable bonds is 13. The van der Waals surface area contributed by atoms with E-state index >= 15 is 0 Å². The normalized spacial score (nSPS) is 25.6. The number of aliphatic hydroxyl groups is 6. The maximum atomic E-state index is 12.6. The van der Waals surface area contributed by atoms with Crippen LogP contribution in [0.25, 0.3) is 22.2 Å². The van der Waals surface area contributed by atoms with Crippen molar-refractivity contribution in [3.8, 4) is 0 Å². The number of phosphoric ester groups is 2. The maximum Gasteiger partial charge on any atom is 0.481 e. The zero-order valence-electron chi connectivity index (χ0n) is 27.6. The molecule has 2 unspecified atom stereocenters. The van der Waals surface area contributed by atoms with E-state index in [1.807, 2.05) is 6.92 Å². The molecule has 1 aromatic carbocycles. The van der Waals surface area contributed by atoms with Gasteiger partial charge in [0.2, 0.25) is 5.69 Å². The van der Waals surface area contributed by atoms with Gasteiger partial charge in [0.15, 0.2) is 23.2 Å². The molecule has 4 aromatic rings. The smallest absolute Gasteiger partial charge is 0.388 e. The standard InChI is InChI=1S/C27H35N9O15P2/c1-10-3-12-13(4-11(10)2)35(24-18(32-12)25(42)34-27(43)33-24)5-14(37)19(39)15(38)6-48-52(44,45)51-53(46,47)49-7-16-20(40)21(41)26(50-16)36-9-31-17-22(28)29-8-30-23(17)36/h3-4,8-9,14-16,19-21,26-27,37-41,43H,5-7H2,1-2H3,(H5,28,29,30,34,42,44,45,46,47)/p+1/t14-,15+,16+,19-,20+,21+,26+,27-/m0/s1. The van der Waals surface area contributed by atoms with E-state index in [-0.39, 0.29) is 28.5 Å². The number of nitrogen functional groups attached to an aromatic ring is 1. The van der Waals surface area contributed by atoms with Gasteiger partial charge < -0.3 is 50.9 Å². The van der Waals surface area contributed by atoms with Gasteiger partial charge in [0, 0.05) is 0 Å². The third kappa shape index (κ3) is 8.01. The summed E-state index contributed by atoms with van der Waals surface area (Å²) in [5, 5.41) is 68.1. The lowest BCUT2D eigenvalue weighted by Gasteiger charge is -2.25. The number of aromatic nitrogens is 6. The molecular weight excluding hydrogens is 752 g/mol. The average Bonchev–Trinajstić information content (AvgIpc) is 3.63. The van der Waals surface area contributed by atoms with Crippen molar-refractivity contribution in [2.75, 3.05) is 24.3 Å². The van der Waals surface area contributed by atoms with Crippen LogP contribution in [0.2, 0.25) is 0 Å². The number of hydrogen-bond acceptors (Lipinski definition) is 19. The van der Waals surface area contributed by atoms with Gasteiger partial charge in [-0.25, -0.2) is 38.9 Å². The molecule has 6 rings (SSSR count). The number of hydrogen-bond donors (Lipinski definition) is 11. The minimum absolute atomic E-state index is 0.0172. The van der Waals surface area contributed by atoms with E-state index in [9.17, 15) is 54.4 Å². The summed E-state index contributed by atoms with van der Waals surface area (Å²) in [4.78, 5) is 49.0. The number of aliphatic hydroxyl groups excluding tert-OH is 6. The Hall–Kier alpha value is -3.84. The Morgan fingerprint density at radius 2 is 1.70 bits per heavy atom. The third-order valence-electron chi connectivity index (χ3n) is 8.54. The van der Waals surface area contributed by atoms with E-state index in [0.29, 0.717) is 11.0 Å². The first-order chi connectivity index (χ1) is 24.9. The van der Waals surface area contributed by atoms with Gasteiger partial charge in [-0.2, -0.15) is 4.31 Å². The summed E-state index contributed by atoms with van der Waals surface area (Å²) in [6.07, 6.45) is -11.3. The Bertz CT molecular complexity index is 2140. The van der Waals surface area contributed by atoms with E-state index in [4.69, 9.17) is 15.0 Å². The van der Waals surface area contributed by atoms with E-state index in [2.05, 4.69) is 39.4 Å². The number of carbonyl (C=O) groups is 1. The summed E-state index contributed by atoms with van der Waals surface area (Å²) in [6.45, 7) is 0.947. The van der Waals surface area contributed by atoms with Gasteiger partial charge in [0.25, 0.3) is 12.3 Å². The van der Waals surface area contributed by atoms with Crippen LogP contribution in [-0.2, 0) is 33.8 Å². The summed E-state index contributed by atoms with van der Waals surface area (Å²) >= 11 is 0. The SMILES string of the molecule is Cc1cc2nc3c([n+](C[C@H](O)[C@H](O)[C@H](O)COP(=O)(O)OP(=O)(O)OC[C@H]4O[C@@H](n5cnc6c(N)ncnc65)[C@H](O)[C@@H]4O)c2cc1C)N[C@H](O)NC3=O. The molecule has 5 heterocycles. The highest BCUT2D eigenvalue weighted by molar-refractivity contribution is 7.61. The van der Waals surface area contributed by atoms with Crippen LogP contribution >= 0.6 is 15.6 Å². The molecule has 288 valence electrons. The van der Waals surface area contributed by atoms with E-state index in [1.165, 1.54) is 15.5 Å². The highest BCUT2D eigenvalue weighted by Gasteiger charge is 2.46. The molecule has 2 aliphatic heterocycles. The Morgan fingerprint density at radius 3 is 2.43 bits per heavy atom. The number of ether oxygens (including phenoxy) is 1. The van der Waals surface area contributed by atoms with Crippen molar-refractivity contribution >= 4 is 55.4 Å². The number of nitrogens with two attached hydrogens (primary N) is 1. The van der Waals surface area contributed by atoms with Gasteiger partial charge in [-0.05, 0) is 37.1 Å². The molecule has 3 aromatic heterocycles. The maximum absolute atomic E-state index is 12.6. The molecule has 2 aliphatic rings. The first-order valence-corrected chi connectivity index (χ1v) is 18.6. The van der Waals surface area contributed by atoms with Crippen molar-refractivity contribution in [1.29, 1.82) is 0 Å². The predicted molar refractivity (Wildman–Crippen MR) is 175 cm³/mol. The molecule has 10 atom stereocenters. The molecule has 0 aliphatic carbocycles. The molecular formula is C27H36N9O15P2+. The Morgan fingerprint density at radius 1 is 1.00 bits per heavy atom. The van der Waals surface area contributed by atoms with Gasteiger partial charge in [-0.1, -0.05) is 0 Å². The van der Waals surface area contributed by atoms with Gasteiger partial charge in [-0.3, -0.25) is 23.7 Å². The molecule has 0 bridgehead atoms. The fourth-order valence-corrected chi connectivity index (χ4v) is 7.78. The first kappa shape index (κ1) is 38.9. The largest absolute Gasteiger partial charge is 0.481 e. The van der Waals surface area contributed by atoms with Gasteiger partial charge in [-0.15, -0.1) is 0 Å². The molecule has 24 nitrogen and oxygen atoms in total. The number of amides is 1. The second-order valence-corrected chi connectivity index (χ2v) is 15.3. The lowest BCUT2D eigenvalue weighted by molar-refractivity contribution is -0.667. The van der Waals surface area contributed by atoms with Crippen LogP contribution in [0.4, 0.5) is 11.6 Å². The number of nitrogens with zero attached hydrogens (tertiary/aromatic N) is 6. The minimum atomic E-state index is -5.53. The second-order valence-electron chi connectivity index (χ2n) is 12.2. The van der Waals surface area contributed by atoms with Crippen molar-refractivity contribution in [1.82, 2.24) is 29.8 Å². The number of aryl methyl sites for hydroxylation is 2. The van der Waals surface area contributed by atoms with Crippen LogP contribution in [-0.4, -0.2) is 127 Å². The quantitative estimate of drug-likeness (QED) is 0.0473. The number of anilines is 2. The van der Waals surface area contributed by atoms with Crippen molar-refractivity contribution in [2.45, 2.75) is 69.6 Å². The molecule has 12 N–H and O–H groups in total. The fraction of sp³-hybridized carbons (Fsp3) is 0.481. The lowest BCUT2D eigenvalue weighted by Crippen LogP contribution is -2.55. The topological polar surface area (TPSA) is 360 Å². The van der Waals surface area contributed by atoms with Crippen LogP contribution in [0.5, 0.6) is 0 Å². The lowest BCUT2D eigenvalue weighted by atomic mass is 10.1. The van der Waals surface area contributed by atoms with Crippen molar-refractivity contribution in [3.05, 3.63) is 41.6 Å². The van der Waals surface area contributed by atoms with Crippen LogP contribution < -0.4 is 20.9 Å². The third-order valence-corrected chi connectivity index (χ3v) is 11.1. The Balaban J connectivity index is 1.06. The first-order valence-electron chi connectivity index (χ1n) is 15.6. The molecule has 53 heavy (non-hydrogen) atoms. The summed E-state index contributed by atoms with van der Waals surface area (Å²) < 4.78 is 46.8. The monoisotopic (exact) mass is 788 g/mol. The summed E-state index contributed by atoms with van der Waals surface area (Å²) in [7, 11) is -11.0. The van der Waals surface area contributed by atoms with Crippen molar-refractivity contribution < 1.29 is 77.0 Å². The van der Waals surface area contributed by atoms with E-state index in [1.54, 1.807) is 19.1 Å². The number of benzene rings is 1. The van der Waals surface area contributed by atoms with Gasteiger partial charge in [0.05, 0.1) is 19.5 Å². The Labute approximate surface area is 297 Å². The minimum Gasteiger partial charge on any atom is -0.388 e. The van der Waals surface area contributed by atoms with Crippen LogP contribution in [0.15, 0.2) is 24.8 Å². The zero-order valence-corrected chi connectivity index (χ0v) is 29.4.